The van der Waals surface area contributed by atoms with Crippen molar-refractivity contribution in [3.8, 4) is 0 Å². The van der Waals surface area contributed by atoms with E-state index in [4.69, 9.17) is 12.2 Å². The zero-order valence-corrected chi connectivity index (χ0v) is 20.5. The lowest BCUT2D eigenvalue weighted by atomic mass is 9.93. The Balaban J connectivity index is 1.36. The van der Waals surface area contributed by atoms with Gasteiger partial charge in [0.1, 0.15) is 10.8 Å². The van der Waals surface area contributed by atoms with Crippen LogP contribution in [0.1, 0.15) is 58.6 Å². The molecule has 2 saturated carbocycles. The number of fused-ring (bicyclic) bond motifs is 1. The van der Waals surface area contributed by atoms with Crippen LogP contribution in [-0.2, 0) is 24.7 Å². The molecule has 2 heterocycles. The molecule has 10 heteroatoms. The lowest BCUT2D eigenvalue weighted by molar-refractivity contribution is -0.117. The molecule has 2 amide bonds. The number of aryl methyl sites for hydroxylation is 3. The number of thiocarbonyl (C=S) groups is 1. The number of hydrogen-bond acceptors (Lipinski definition) is 5. The molecular formula is C23H28N6O2S2. The van der Waals surface area contributed by atoms with Gasteiger partial charge in [-0.3, -0.25) is 14.3 Å². The zero-order valence-electron chi connectivity index (χ0n) is 18.9. The number of carbonyl (C=O) groups is 2. The molecule has 33 heavy (non-hydrogen) atoms. The molecule has 2 fully saturated rings. The van der Waals surface area contributed by atoms with Crippen LogP contribution in [0.15, 0.2) is 11.1 Å². The van der Waals surface area contributed by atoms with E-state index in [1.807, 2.05) is 20.0 Å². The van der Waals surface area contributed by atoms with E-state index in [0.717, 1.165) is 53.3 Å². The fraction of sp³-hybridized carbons (Fsp3) is 0.522. The van der Waals surface area contributed by atoms with Crippen LogP contribution in [0.3, 0.4) is 0 Å². The molecule has 0 spiro atoms. The number of rotatable bonds is 6. The van der Waals surface area contributed by atoms with Crippen LogP contribution in [0.4, 0.5) is 10.8 Å². The molecule has 3 aliphatic carbocycles. The van der Waals surface area contributed by atoms with Crippen LogP contribution in [0.25, 0.3) is 0 Å². The Morgan fingerprint density at radius 2 is 2.03 bits per heavy atom. The standard InChI is InChI=1S/C23H28N6O2S2/c1-12-9-18(29(2)28-12)26-23(32)25-15-7-8-17-16(10-15)19(21(31)24-11-13-3-4-13)22(33-17)27-20(30)14-5-6-14/h9,13-14H,3-8,10-11H2,1-2H3,(H,24,31)(H,26,32)(H,27,30). The third-order valence-corrected chi connectivity index (χ3v) is 7.67. The Kier molecular flexibility index (Phi) is 6.05. The highest BCUT2D eigenvalue weighted by molar-refractivity contribution is 7.80. The molecule has 2 aromatic heterocycles. The van der Waals surface area contributed by atoms with E-state index in [2.05, 4.69) is 26.0 Å². The van der Waals surface area contributed by atoms with E-state index >= 15 is 0 Å². The molecule has 5 rings (SSSR count). The van der Waals surface area contributed by atoms with Gasteiger partial charge in [-0.25, -0.2) is 4.99 Å². The van der Waals surface area contributed by atoms with Crippen molar-refractivity contribution >= 4 is 57.0 Å². The molecule has 0 bridgehead atoms. The highest BCUT2D eigenvalue weighted by atomic mass is 32.1. The molecule has 0 aliphatic heterocycles. The average Bonchev–Trinajstić information content (AvgIpc) is 3.68. The maximum Gasteiger partial charge on any atom is 0.254 e. The third-order valence-electron chi connectivity index (χ3n) is 6.27. The lowest BCUT2D eigenvalue weighted by Crippen LogP contribution is -2.28. The predicted octanol–water partition coefficient (Wildman–Crippen LogP) is 3.61. The number of aliphatic imine (C=N–C) groups is 1. The van der Waals surface area contributed by atoms with E-state index in [1.54, 1.807) is 4.68 Å². The highest BCUT2D eigenvalue weighted by Crippen LogP contribution is 2.39. The molecule has 2 aromatic rings. The van der Waals surface area contributed by atoms with Gasteiger partial charge in [0.15, 0.2) is 5.11 Å². The summed E-state index contributed by atoms with van der Waals surface area (Å²) in [6.45, 7) is 2.62. The minimum Gasteiger partial charge on any atom is -0.352 e. The molecule has 0 atom stereocenters. The summed E-state index contributed by atoms with van der Waals surface area (Å²) < 4.78 is 1.73. The molecular weight excluding hydrogens is 456 g/mol. The fourth-order valence-electron chi connectivity index (χ4n) is 4.09. The summed E-state index contributed by atoms with van der Waals surface area (Å²) in [5.41, 5.74) is 3.42. The number of thiophene rings is 1. The van der Waals surface area contributed by atoms with Crippen LogP contribution in [-0.4, -0.2) is 39.0 Å². The van der Waals surface area contributed by atoms with Crippen LogP contribution >= 0.6 is 23.6 Å². The van der Waals surface area contributed by atoms with Gasteiger partial charge in [0.05, 0.1) is 11.3 Å². The van der Waals surface area contributed by atoms with Gasteiger partial charge in [0, 0.05) is 42.6 Å². The van der Waals surface area contributed by atoms with Crippen molar-refractivity contribution in [2.45, 2.75) is 51.9 Å². The number of hydrogen-bond donors (Lipinski definition) is 3. The van der Waals surface area contributed by atoms with Crippen molar-refractivity contribution < 1.29 is 9.59 Å². The molecule has 0 unspecified atom stereocenters. The van der Waals surface area contributed by atoms with E-state index < -0.39 is 0 Å². The van der Waals surface area contributed by atoms with Crippen molar-refractivity contribution in [2.75, 3.05) is 17.2 Å². The number of amides is 2. The topological polar surface area (TPSA) is 100 Å². The maximum atomic E-state index is 13.2. The molecule has 0 radical (unpaired) electrons. The first-order chi connectivity index (χ1) is 15.9. The van der Waals surface area contributed by atoms with E-state index in [-0.39, 0.29) is 17.7 Å². The second kappa shape index (κ2) is 8.98. The molecule has 8 nitrogen and oxygen atoms in total. The fourth-order valence-corrected chi connectivity index (χ4v) is 5.54. The van der Waals surface area contributed by atoms with Gasteiger partial charge in [-0.15, -0.1) is 11.3 Å². The zero-order chi connectivity index (χ0) is 23.1. The summed E-state index contributed by atoms with van der Waals surface area (Å²) in [6.07, 6.45) is 6.32. The quantitative estimate of drug-likeness (QED) is 0.544. The van der Waals surface area contributed by atoms with Crippen LogP contribution in [0.2, 0.25) is 0 Å². The van der Waals surface area contributed by atoms with E-state index in [0.29, 0.717) is 34.6 Å². The van der Waals surface area contributed by atoms with Crippen LogP contribution < -0.4 is 16.0 Å². The minimum absolute atomic E-state index is 0.0237. The Hall–Kier alpha value is -2.59. The first-order valence-electron chi connectivity index (χ1n) is 11.5. The monoisotopic (exact) mass is 484 g/mol. The van der Waals surface area contributed by atoms with Crippen molar-refractivity contribution in [3.63, 3.8) is 0 Å². The molecule has 0 saturated heterocycles. The van der Waals surface area contributed by atoms with Gasteiger partial charge in [0.2, 0.25) is 5.91 Å². The normalized spacial score (nSPS) is 18.7. The van der Waals surface area contributed by atoms with Gasteiger partial charge >= 0.3 is 0 Å². The van der Waals surface area contributed by atoms with Crippen molar-refractivity contribution in [1.82, 2.24) is 15.1 Å². The SMILES string of the molecule is Cc1cc(NC(=S)N=C2CCc3sc(NC(=O)C4CC4)c(C(=O)NCC4CC4)c3C2)n(C)n1. The number of aromatic nitrogens is 2. The Bertz CT molecular complexity index is 1160. The second-order valence-corrected chi connectivity index (χ2v) is 10.7. The second-order valence-electron chi connectivity index (χ2n) is 9.20. The number of nitrogens with zero attached hydrogens (tertiary/aromatic N) is 3. The largest absolute Gasteiger partial charge is 0.352 e. The number of anilines is 2. The van der Waals surface area contributed by atoms with Gasteiger partial charge < -0.3 is 16.0 Å². The summed E-state index contributed by atoms with van der Waals surface area (Å²) in [5, 5.41) is 14.6. The van der Waals surface area contributed by atoms with E-state index in [9.17, 15) is 9.59 Å². The summed E-state index contributed by atoms with van der Waals surface area (Å²) in [5.74, 6) is 1.39. The Morgan fingerprint density at radius 3 is 2.70 bits per heavy atom. The van der Waals surface area contributed by atoms with Crippen molar-refractivity contribution in [2.24, 2.45) is 23.9 Å². The molecule has 3 aliphatic rings. The predicted molar refractivity (Wildman–Crippen MR) is 134 cm³/mol. The summed E-state index contributed by atoms with van der Waals surface area (Å²) in [4.78, 5) is 31.4. The first kappa shape index (κ1) is 22.2. The van der Waals surface area contributed by atoms with Gasteiger partial charge in [0.25, 0.3) is 5.91 Å². The number of carbonyl (C=O) groups excluding carboxylic acids is 2. The maximum absolute atomic E-state index is 13.2. The van der Waals surface area contributed by atoms with Crippen LogP contribution in [0.5, 0.6) is 0 Å². The third kappa shape index (κ3) is 5.16. The first-order valence-corrected chi connectivity index (χ1v) is 12.7. The van der Waals surface area contributed by atoms with Gasteiger partial charge in [-0.2, -0.15) is 5.10 Å². The van der Waals surface area contributed by atoms with Gasteiger partial charge in [-0.1, -0.05) is 0 Å². The summed E-state index contributed by atoms with van der Waals surface area (Å²) in [6, 6.07) is 1.92. The minimum atomic E-state index is -0.0993. The smallest absolute Gasteiger partial charge is 0.254 e. The van der Waals surface area contributed by atoms with E-state index in [1.165, 1.54) is 24.2 Å². The molecule has 0 aromatic carbocycles. The Labute approximate surface area is 202 Å². The average molecular weight is 485 g/mol. The van der Waals surface area contributed by atoms with Gasteiger partial charge in [-0.05, 0) is 69.1 Å². The van der Waals surface area contributed by atoms with Crippen LogP contribution in [0, 0.1) is 18.8 Å². The van der Waals surface area contributed by atoms with Crippen molar-refractivity contribution in [1.29, 1.82) is 0 Å². The van der Waals surface area contributed by atoms with Crippen molar-refractivity contribution in [3.05, 3.63) is 27.8 Å². The Morgan fingerprint density at radius 1 is 1.24 bits per heavy atom. The lowest BCUT2D eigenvalue weighted by Gasteiger charge is -2.16. The number of nitrogens with one attached hydrogen (secondary N) is 3. The molecule has 174 valence electrons. The summed E-state index contributed by atoms with van der Waals surface area (Å²) >= 11 is 7.00. The summed E-state index contributed by atoms with van der Waals surface area (Å²) in [7, 11) is 1.85. The highest BCUT2D eigenvalue weighted by Gasteiger charge is 2.33. The molecule has 3 N–H and O–H groups in total.